The van der Waals surface area contributed by atoms with Crippen LogP contribution in [0, 0.1) is 0 Å². The molecule has 2 rings (SSSR count). The number of nitrogens with two attached hydrogens (primary N) is 2. The summed E-state index contributed by atoms with van der Waals surface area (Å²) < 4.78 is 5.58. The monoisotopic (exact) mass is 318 g/mol. The molecule has 5 nitrogen and oxygen atoms in total. The Balaban J connectivity index is 0.00000200. The summed E-state index contributed by atoms with van der Waals surface area (Å²) in [4.78, 5) is 8.21. The van der Waals surface area contributed by atoms with Gasteiger partial charge in [0.15, 0.2) is 5.50 Å². The van der Waals surface area contributed by atoms with Crippen LogP contribution in [0.25, 0.3) is 0 Å². The maximum atomic E-state index is 6.27. The molecule has 7 heteroatoms. The van der Waals surface area contributed by atoms with Crippen molar-refractivity contribution < 1.29 is 4.74 Å². The summed E-state index contributed by atoms with van der Waals surface area (Å²) in [7, 11) is 0. The Kier molecular flexibility index (Phi) is 7.20. The molecule has 0 bridgehead atoms. The van der Waals surface area contributed by atoms with Crippen LogP contribution in [0.5, 0.6) is 5.75 Å². The van der Waals surface area contributed by atoms with Gasteiger partial charge in [0.1, 0.15) is 17.1 Å². The molecule has 0 saturated carbocycles. The molecular weight excluding hydrogens is 299 g/mol. The van der Waals surface area contributed by atoms with Gasteiger partial charge in [0.05, 0.1) is 6.61 Å². The van der Waals surface area contributed by atoms with Crippen LogP contribution < -0.4 is 16.2 Å². The zero-order chi connectivity index (χ0) is 13.9. The Labute approximate surface area is 167 Å². The van der Waals surface area contributed by atoms with Crippen molar-refractivity contribution in [2.75, 3.05) is 6.61 Å². The van der Waals surface area contributed by atoms with Crippen molar-refractivity contribution >= 4 is 76.1 Å². The summed E-state index contributed by atoms with van der Waals surface area (Å²) in [6.45, 7) is 2.54. The average molecular weight is 318 g/mol. The average Bonchev–Trinajstić information content (AvgIpc) is 2.38. The van der Waals surface area contributed by atoms with E-state index in [1.807, 2.05) is 31.2 Å². The fraction of sp³-hybridized carbons (Fsp3) is 0.385. The molecule has 0 aromatic heterocycles. The number of nitrogens with zero attached hydrogens (tertiary/aromatic N) is 2. The van der Waals surface area contributed by atoms with Crippen molar-refractivity contribution in [2.24, 2.45) is 21.5 Å². The third-order valence-corrected chi connectivity index (χ3v) is 3.17. The molecule has 1 aromatic rings. The summed E-state index contributed by atoms with van der Waals surface area (Å²) in [6.07, 6.45) is 2.11. The van der Waals surface area contributed by atoms with Crippen molar-refractivity contribution in [1.82, 2.24) is 0 Å². The predicted molar refractivity (Wildman–Crippen MR) is 88.3 cm³/mol. The Morgan fingerprint density at radius 3 is 2.75 bits per heavy atom. The second-order valence-electron chi connectivity index (χ2n) is 4.40. The minimum absolute atomic E-state index is 0. The first-order valence-corrected chi connectivity index (χ1v) is 6.62. The second kappa shape index (κ2) is 7.93. The molecule has 1 aliphatic heterocycles. The fourth-order valence-electron chi connectivity index (χ4n) is 1.94. The van der Waals surface area contributed by atoms with Crippen molar-refractivity contribution in [3.8, 4) is 5.75 Å². The number of thiol groups is 1. The standard InChI is InChI=1S/C13H18N4OS.K.H/c1-2-18-10-6-4-3-5-9(10)7-13(15)8-16-12(19)17-11(13)14;;/h3-6,8,12,19H,2,7,15H2,1H3,(H2,14,17);;. The molecule has 1 heterocycles. The van der Waals surface area contributed by atoms with Gasteiger partial charge >= 0.3 is 51.4 Å². The van der Waals surface area contributed by atoms with Gasteiger partial charge in [-0.25, -0.2) is 4.99 Å². The predicted octanol–water partition coefficient (Wildman–Crippen LogP) is 0.332. The van der Waals surface area contributed by atoms with E-state index in [1.165, 1.54) is 0 Å². The zero-order valence-corrected chi connectivity index (χ0v) is 11.7. The van der Waals surface area contributed by atoms with Crippen LogP contribution in [-0.4, -0.2) is 81.1 Å². The van der Waals surface area contributed by atoms with Gasteiger partial charge in [-0.1, -0.05) is 18.2 Å². The normalized spacial score (nSPS) is 24.8. The summed E-state index contributed by atoms with van der Waals surface area (Å²) in [6, 6.07) is 7.74. The first-order valence-electron chi connectivity index (χ1n) is 6.11. The molecule has 0 saturated heterocycles. The zero-order valence-electron chi connectivity index (χ0n) is 10.8. The molecule has 4 N–H and O–H groups in total. The molecule has 1 aliphatic rings. The number of rotatable bonds is 4. The van der Waals surface area contributed by atoms with Crippen molar-refractivity contribution in [3.63, 3.8) is 0 Å². The number of hydrogen-bond acceptors (Lipinski definition) is 6. The second-order valence-corrected chi connectivity index (χ2v) is 4.86. The van der Waals surface area contributed by atoms with Crippen LogP contribution in [0.15, 0.2) is 34.3 Å². The maximum absolute atomic E-state index is 6.27. The van der Waals surface area contributed by atoms with Gasteiger partial charge in [0.2, 0.25) is 0 Å². The summed E-state index contributed by atoms with van der Waals surface area (Å²) in [5.41, 5.74) is 11.8. The van der Waals surface area contributed by atoms with Gasteiger partial charge in [0.25, 0.3) is 0 Å². The number of benzene rings is 1. The van der Waals surface area contributed by atoms with E-state index in [0.717, 1.165) is 11.3 Å². The molecule has 2 atom stereocenters. The van der Waals surface area contributed by atoms with E-state index in [9.17, 15) is 0 Å². The van der Waals surface area contributed by atoms with Crippen LogP contribution in [0.3, 0.4) is 0 Å². The van der Waals surface area contributed by atoms with Gasteiger partial charge < -0.3 is 16.2 Å². The third kappa shape index (κ3) is 4.30. The summed E-state index contributed by atoms with van der Waals surface area (Å²) in [5, 5.41) is 0. The molecule has 0 amide bonds. The molecule has 104 valence electrons. The fourth-order valence-corrected chi connectivity index (χ4v) is 2.13. The molecule has 0 spiro atoms. The van der Waals surface area contributed by atoms with Crippen molar-refractivity contribution in [2.45, 2.75) is 24.4 Å². The van der Waals surface area contributed by atoms with Crippen LogP contribution in [0.2, 0.25) is 0 Å². The first kappa shape index (κ1) is 18.2. The van der Waals surface area contributed by atoms with E-state index in [2.05, 4.69) is 22.6 Å². The van der Waals surface area contributed by atoms with Gasteiger partial charge in [-0.3, -0.25) is 4.99 Å². The molecule has 0 fully saturated rings. The number of ether oxygens (including phenoxy) is 1. The number of hydrogen-bond donors (Lipinski definition) is 3. The van der Waals surface area contributed by atoms with Crippen molar-refractivity contribution in [1.29, 1.82) is 0 Å². The van der Waals surface area contributed by atoms with Crippen LogP contribution >= 0.6 is 12.6 Å². The topological polar surface area (TPSA) is 86.0 Å². The van der Waals surface area contributed by atoms with Gasteiger partial charge in [0, 0.05) is 12.6 Å². The van der Waals surface area contributed by atoms with Gasteiger partial charge in [-0.05, 0) is 18.6 Å². The molecule has 1 aromatic carbocycles. The van der Waals surface area contributed by atoms with Gasteiger partial charge in [-0.2, -0.15) is 0 Å². The van der Waals surface area contributed by atoms with Crippen LogP contribution in [0.1, 0.15) is 12.5 Å². The van der Waals surface area contributed by atoms with E-state index in [-0.39, 0.29) is 51.4 Å². The molecular formula is C13H19KN4OS. The molecule has 2 unspecified atom stereocenters. The van der Waals surface area contributed by atoms with E-state index >= 15 is 0 Å². The molecule has 0 aliphatic carbocycles. The van der Waals surface area contributed by atoms with E-state index in [1.54, 1.807) is 6.21 Å². The first-order chi connectivity index (χ1) is 9.05. The minimum atomic E-state index is -0.883. The van der Waals surface area contributed by atoms with Crippen LogP contribution in [0.4, 0.5) is 0 Å². The van der Waals surface area contributed by atoms with Crippen LogP contribution in [-0.2, 0) is 6.42 Å². The van der Waals surface area contributed by atoms with E-state index < -0.39 is 11.0 Å². The number of aliphatic imine (C=N–C) groups is 2. The Morgan fingerprint density at radius 1 is 1.40 bits per heavy atom. The van der Waals surface area contributed by atoms with Gasteiger partial charge in [-0.15, -0.1) is 12.6 Å². The Hall–Kier alpha value is 0.106. The van der Waals surface area contributed by atoms with E-state index in [4.69, 9.17) is 16.2 Å². The Bertz CT molecular complexity index is 523. The summed E-state index contributed by atoms with van der Waals surface area (Å²) >= 11 is 4.13. The number of amidine groups is 1. The van der Waals surface area contributed by atoms with E-state index in [0.29, 0.717) is 18.9 Å². The SMILES string of the molecule is CCOc1ccccc1CC1(N)C=NC(S)N=C1N.[KH]. The quantitative estimate of drug-likeness (QED) is 0.552. The summed E-state index contributed by atoms with van der Waals surface area (Å²) in [5.74, 6) is 1.15. The molecule has 0 radical (unpaired) electrons. The number of para-hydroxylation sites is 1. The van der Waals surface area contributed by atoms with Crippen molar-refractivity contribution in [3.05, 3.63) is 29.8 Å². The molecule has 20 heavy (non-hydrogen) atoms. The Morgan fingerprint density at radius 2 is 2.10 bits per heavy atom. The third-order valence-electron chi connectivity index (χ3n) is 2.93.